The lowest BCUT2D eigenvalue weighted by molar-refractivity contribution is -0.121. The zero-order valence-electron chi connectivity index (χ0n) is 15.9. The van der Waals surface area contributed by atoms with Crippen molar-refractivity contribution in [2.75, 3.05) is 18.0 Å². The molecule has 26 heavy (non-hydrogen) atoms. The fraction of sp³-hybridized carbons (Fsp3) is 0.611. The second kappa shape index (κ2) is 7.73. The molecule has 2 aromatic rings. The van der Waals surface area contributed by atoms with Crippen molar-refractivity contribution in [3.05, 3.63) is 24.2 Å². The molecule has 0 aromatic carbocycles. The molecule has 1 aliphatic heterocycles. The minimum Gasteiger partial charge on any atom is -0.467 e. The van der Waals surface area contributed by atoms with E-state index >= 15 is 0 Å². The summed E-state index contributed by atoms with van der Waals surface area (Å²) in [6, 6.07) is 3.82. The summed E-state index contributed by atoms with van der Waals surface area (Å²) in [6.45, 7) is 10.4. The summed E-state index contributed by atoms with van der Waals surface area (Å²) in [7, 11) is 0. The molecular weight excluding hydrogens is 350 g/mol. The molecule has 0 bridgehead atoms. The lowest BCUT2D eigenvalue weighted by atomic mass is 10.1. The van der Waals surface area contributed by atoms with Crippen molar-refractivity contribution < 1.29 is 9.21 Å². The number of nitrogens with zero attached hydrogens (tertiary/aromatic N) is 4. The second-order valence-corrected chi connectivity index (χ2v) is 8.95. The molecular formula is C18H27N5O2S. The predicted molar refractivity (Wildman–Crippen MR) is 102 cm³/mol. The Morgan fingerprint density at radius 3 is 2.69 bits per heavy atom. The number of hydrogen-bond donors (Lipinski definition) is 1. The van der Waals surface area contributed by atoms with Crippen molar-refractivity contribution >= 4 is 23.6 Å². The van der Waals surface area contributed by atoms with Gasteiger partial charge in [0.25, 0.3) is 0 Å². The smallest absolute Gasteiger partial charge is 0.233 e. The Bertz CT molecular complexity index is 729. The highest BCUT2D eigenvalue weighted by Gasteiger charge is 2.26. The van der Waals surface area contributed by atoms with Crippen molar-refractivity contribution in [3.8, 4) is 0 Å². The van der Waals surface area contributed by atoms with Crippen LogP contribution in [-0.4, -0.2) is 44.6 Å². The molecule has 0 saturated carbocycles. The molecule has 3 rings (SSSR count). The van der Waals surface area contributed by atoms with Gasteiger partial charge in [0.1, 0.15) is 5.76 Å². The van der Waals surface area contributed by atoms with Crippen LogP contribution in [-0.2, 0) is 11.3 Å². The fourth-order valence-corrected chi connectivity index (χ4v) is 3.74. The molecule has 2 aromatic heterocycles. The highest BCUT2D eigenvalue weighted by atomic mass is 32.2. The topological polar surface area (TPSA) is 76.2 Å². The Morgan fingerprint density at radius 2 is 2.08 bits per heavy atom. The number of nitrogens with one attached hydrogen (secondary N) is 1. The SMILES string of the molecule is C[C@@H](Sc1nnc(N2CCCC2)n1Cc1ccco1)C(=O)NC(C)(C)C. The molecule has 1 saturated heterocycles. The molecule has 0 radical (unpaired) electrons. The maximum atomic E-state index is 12.4. The van der Waals surface area contributed by atoms with Crippen molar-refractivity contribution in [2.24, 2.45) is 0 Å². The first-order chi connectivity index (χ1) is 12.3. The second-order valence-electron chi connectivity index (χ2n) is 7.64. The van der Waals surface area contributed by atoms with Crippen molar-refractivity contribution in [1.29, 1.82) is 0 Å². The number of carbonyl (C=O) groups is 1. The van der Waals surface area contributed by atoms with E-state index in [0.29, 0.717) is 6.54 Å². The number of furan rings is 1. The number of rotatable bonds is 6. The van der Waals surface area contributed by atoms with Crippen molar-refractivity contribution in [3.63, 3.8) is 0 Å². The quantitative estimate of drug-likeness (QED) is 0.780. The van der Waals surface area contributed by atoms with Gasteiger partial charge in [-0.25, -0.2) is 0 Å². The summed E-state index contributed by atoms with van der Waals surface area (Å²) < 4.78 is 7.57. The molecule has 1 aliphatic rings. The van der Waals surface area contributed by atoms with Crippen LogP contribution in [0.25, 0.3) is 0 Å². The number of aromatic nitrogens is 3. The molecule has 1 N–H and O–H groups in total. The number of thioether (sulfide) groups is 1. The monoisotopic (exact) mass is 377 g/mol. The molecule has 0 unspecified atom stereocenters. The lowest BCUT2D eigenvalue weighted by Crippen LogP contribution is -2.44. The van der Waals surface area contributed by atoms with Gasteiger partial charge in [-0.15, -0.1) is 10.2 Å². The predicted octanol–water partition coefficient (Wildman–Crippen LogP) is 2.91. The van der Waals surface area contributed by atoms with Gasteiger partial charge in [-0.05, 0) is 52.7 Å². The van der Waals surface area contributed by atoms with Crippen LogP contribution in [0.1, 0.15) is 46.3 Å². The van der Waals surface area contributed by atoms with Crippen LogP contribution in [0.3, 0.4) is 0 Å². The molecule has 1 fully saturated rings. The molecule has 3 heterocycles. The van der Waals surface area contributed by atoms with Crippen molar-refractivity contribution in [1.82, 2.24) is 20.1 Å². The van der Waals surface area contributed by atoms with Crippen LogP contribution < -0.4 is 10.2 Å². The van der Waals surface area contributed by atoms with E-state index in [1.807, 2.05) is 39.8 Å². The maximum Gasteiger partial charge on any atom is 0.233 e. The number of anilines is 1. The molecule has 8 heteroatoms. The van der Waals surface area contributed by atoms with E-state index in [9.17, 15) is 4.79 Å². The molecule has 7 nitrogen and oxygen atoms in total. The summed E-state index contributed by atoms with van der Waals surface area (Å²) in [5, 5.41) is 12.3. The highest BCUT2D eigenvalue weighted by Crippen LogP contribution is 2.28. The van der Waals surface area contributed by atoms with E-state index in [-0.39, 0.29) is 16.7 Å². The van der Waals surface area contributed by atoms with Crippen LogP contribution in [0, 0.1) is 0 Å². The summed E-state index contributed by atoms with van der Waals surface area (Å²) in [5.74, 6) is 1.70. The first kappa shape index (κ1) is 18.8. The molecule has 142 valence electrons. The van der Waals surface area contributed by atoms with Crippen LogP contribution in [0.15, 0.2) is 28.0 Å². The van der Waals surface area contributed by atoms with E-state index in [4.69, 9.17) is 4.42 Å². The normalized spacial score (nSPS) is 16.1. The number of hydrogen-bond acceptors (Lipinski definition) is 6. The summed E-state index contributed by atoms with van der Waals surface area (Å²) in [6.07, 6.45) is 4.00. The third-order valence-corrected chi connectivity index (χ3v) is 5.21. The maximum absolute atomic E-state index is 12.4. The molecule has 1 atom stereocenters. The highest BCUT2D eigenvalue weighted by molar-refractivity contribution is 8.00. The number of amides is 1. The summed E-state index contributed by atoms with van der Waals surface area (Å²) >= 11 is 1.43. The Morgan fingerprint density at radius 1 is 1.35 bits per heavy atom. The van der Waals surface area contributed by atoms with E-state index < -0.39 is 0 Å². The minimum atomic E-state index is -0.264. The standard InChI is InChI=1S/C18H27N5O2S/c1-13(15(24)19-18(2,3)4)26-17-21-20-16(22-9-5-6-10-22)23(17)12-14-8-7-11-25-14/h7-8,11,13H,5-6,9-10,12H2,1-4H3,(H,19,24)/t13-/m1/s1. The van der Waals surface area contributed by atoms with E-state index in [1.54, 1.807) is 6.26 Å². The Kier molecular flexibility index (Phi) is 5.60. The van der Waals surface area contributed by atoms with Crippen LogP contribution in [0.5, 0.6) is 0 Å². The number of carbonyl (C=O) groups excluding carboxylic acids is 1. The molecule has 0 spiro atoms. The van der Waals surface area contributed by atoms with E-state index in [1.165, 1.54) is 24.6 Å². The molecule has 0 aliphatic carbocycles. The Labute approximate surface area is 158 Å². The van der Waals surface area contributed by atoms with Gasteiger partial charge in [0.05, 0.1) is 18.1 Å². The average Bonchev–Trinajstić information content (AvgIpc) is 3.28. The summed E-state index contributed by atoms with van der Waals surface area (Å²) in [4.78, 5) is 14.7. The Balaban J connectivity index is 1.80. The zero-order chi connectivity index (χ0) is 18.7. The third kappa shape index (κ3) is 4.60. The first-order valence-corrected chi connectivity index (χ1v) is 9.91. The van der Waals surface area contributed by atoms with Gasteiger partial charge in [0.2, 0.25) is 11.9 Å². The van der Waals surface area contributed by atoms with Gasteiger partial charge < -0.3 is 14.6 Å². The lowest BCUT2D eigenvalue weighted by Gasteiger charge is -2.23. The van der Waals surface area contributed by atoms with Gasteiger partial charge in [0, 0.05) is 18.6 Å². The third-order valence-electron chi connectivity index (χ3n) is 4.13. The van der Waals surface area contributed by atoms with Crippen LogP contribution >= 0.6 is 11.8 Å². The first-order valence-electron chi connectivity index (χ1n) is 9.03. The van der Waals surface area contributed by atoms with E-state index in [2.05, 4.69) is 25.0 Å². The largest absolute Gasteiger partial charge is 0.467 e. The zero-order valence-corrected chi connectivity index (χ0v) is 16.7. The van der Waals surface area contributed by atoms with Crippen molar-refractivity contribution in [2.45, 2.75) is 63.0 Å². The molecule has 1 amide bonds. The van der Waals surface area contributed by atoms with Gasteiger partial charge in [0.15, 0.2) is 5.16 Å². The van der Waals surface area contributed by atoms with Gasteiger partial charge in [-0.3, -0.25) is 9.36 Å². The van der Waals surface area contributed by atoms with Gasteiger partial charge in [-0.2, -0.15) is 0 Å². The van der Waals surface area contributed by atoms with Gasteiger partial charge in [-0.1, -0.05) is 11.8 Å². The van der Waals surface area contributed by atoms with Crippen LogP contribution in [0.4, 0.5) is 5.95 Å². The Hall–Kier alpha value is -1.96. The summed E-state index contributed by atoms with van der Waals surface area (Å²) in [5.41, 5.74) is -0.256. The van der Waals surface area contributed by atoms with E-state index in [0.717, 1.165) is 30.0 Å². The van der Waals surface area contributed by atoms with Gasteiger partial charge >= 0.3 is 0 Å². The fourth-order valence-electron chi connectivity index (χ4n) is 2.90. The average molecular weight is 378 g/mol. The van der Waals surface area contributed by atoms with Crippen LogP contribution in [0.2, 0.25) is 0 Å². The minimum absolute atomic E-state index is 0.00206.